The van der Waals surface area contributed by atoms with Crippen LogP contribution in [0.3, 0.4) is 0 Å². The molecule has 1 fully saturated rings. The molecule has 0 bridgehead atoms. The van der Waals surface area contributed by atoms with Crippen LogP contribution in [0.4, 0.5) is 0 Å². The number of carbonyl (C=O) groups is 1. The predicted molar refractivity (Wildman–Crippen MR) is 37.7 cm³/mol. The molecule has 1 N–H and O–H groups in total. The van der Waals surface area contributed by atoms with Crippen LogP contribution in [0.1, 0.15) is 13.3 Å². The van der Waals surface area contributed by atoms with Crippen molar-refractivity contribution in [2.45, 2.75) is 25.5 Å². The summed E-state index contributed by atoms with van der Waals surface area (Å²) in [5.74, 6) is 0.152. The number of hydrogen-bond donors (Lipinski definition) is 1. The van der Waals surface area contributed by atoms with E-state index in [0.717, 1.165) is 0 Å². The lowest BCUT2D eigenvalue weighted by atomic mass is 10.1. The highest BCUT2D eigenvalue weighted by molar-refractivity contribution is 5.81. The van der Waals surface area contributed by atoms with Gasteiger partial charge in [-0.05, 0) is 20.4 Å². The Morgan fingerprint density at radius 1 is 1.70 bits per heavy atom. The third-order valence-corrected chi connectivity index (χ3v) is 2.00. The summed E-state index contributed by atoms with van der Waals surface area (Å²) >= 11 is 0. The number of ketones is 1. The Morgan fingerprint density at radius 2 is 2.30 bits per heavy atom. The number of carbonyl (C=O) groups excluding carboxylic acids is 1. The molecule has 10 heavy (non-hydrogen) atoms. The first-order valence-electron chi connectivity index (χ1n) is 3.50. The molecule has 0 radical (unpaired) electrons. The molecule has 1 heterocycles. The summed E-state index contributed by atoms with van der Waals surface area (Å²) in [4.78, 5) is 12.7. The van der Waals surface area contributed by atoms with Crippen molar-refractivity contribution in [3.8, 4) is 0 Å². The van der Waals surface area contributed by atoms with Gasteiger partial charge in [-0.25, -0.2) is 0 Å². The fourth-order valence-electron chi connectivity index (χ4n) is 1.45. The van der Waals surface area contributed by atoms with Gasteiger partial charge in [0, 0.05) is 6.54 Å². The van der Waals surface area contributed by atoms with Gasteiger partial charge in [0.05, 0.1) is 12.1 Å². The molecule has 2 atom stereocenters. The van der Waals surface area contributed by atoms with E-state index in [1.54, 1.807) is 6.92 Å². The second-order valence-corrected chi connectivity index (χ2v) is 2.96. The summed E-state index contributed by atoms with van der Waals surface area (Å²) in [6.07, 6.45) is 0.296. The Hall–Kier alpha value is -0.410. The smallest absolute Gasteiger partial charge is 0.146 e. The largest absolute Gasteiger partial charge is 0.392 e. The number of β-amino-alcohol motifs (C(OH)–C–C–N with tert-alkyl or cyclic N) is 1. The van der Waals surface area contributed by atoms with Gasteiger partial charge in [-0.3, -0.25) is 9.69 Å². The third kappa shape index (κ3) is 1.36. The maximum absolute atomic E-state index is 10.8. The molecule has 1 rings (SSSR count). The first-order chi connectivity index (χ1) is 4.61. The van der Waals surface area contributed by atoms with Gasteiger partial charge >= 0.3 is 0 Å². The van der Waals surface area contributed by atoms with Gasteiger partial charge in [0.25, 0.3) is 0 Å². The zero-order valence-electron chi connectivity index (χ0n) is 6.37. The van der Waals surface area contributed by atoms with Crippen LogP contribution in [0, 0.1) is 0 Å². The number of aliphatic hydroxyl groups excluding tert-OH is 1. The van der Waals surface area contributed by atoms with E-state index in [1.807, 2.05) is 11.9 Å². The van der Waals surface area contributed by atoms with E-state index in [-0.39, 0.29) is 17.9 Å². The van der Waals surface area contributed by atoms with Crippen molar-refractivity contribution >= 4 is 5.78 Å². The highest BCUT2D eigenvalue weighted by Crippen LogP contribution is 2.15. The van der Waals surface area contributed by atoms with Crippen LogP contribution in [-0.4, -0.2) is 41.5 Å². The van der Waals surface area contributed by atoms with Gasteiger partial charge in [0.1, 0.15) is 5.78 Å². The quantitative estimate of drug-likeness (QED) is 0.545. The first-order valence-corrected chi connectivity index (χ1v) is 3.50. The van der Waals surface area contributed by atoms with E-state index in [0.29, 0.717) is 13.0 Å². The third-order valence-electron chi connectivity index (χ3n) is 2.00. The number of likely N-dealkylation sites (N-methyl/N-ethyl adjacent to an activating group) is 1. The van der Waals surface area contributed by atoms with Crippen molar-refractivity contribution in [2.75, 3.05) is 13.6 Å². The van der Waals surface area contributed by atoms with Crippen molar-refractivity contribution in [1.82, 2.24) is 4.90 Å². The fourth-order valence-corrected chi connectivity index (χ4v) is 1.45. The zero-order chi connectivity index (χ0) is 7.72. The number of hydrogen-bond acceptors (Lipinski definition) is 3. The first kappa shape index (κ1) is 7.69. The number of Topliss-reactive ketones (excluding diaryl/α,β-unsaturated/α-hetero) is 1. The molecule has 0 aromatic carbocycles. The highest BCUT2D eigenvalue weighted by atomic mass is 16.3. The highest BCUT2D eigenvalue weighted by Gasteiger charge is 2.30. The summed E-state index contributed by atoms with van der Waals surface area (Å²) in [7, 11) is 1.86. The number of aliphatic hydroxyl groups is 1. The van der Waals surface area contributed by atoms with E-state index >= 15 is 0 Å². The summed E-state index contributed by atoms with van der Waals surface area (Å²) in [5, 5.41) is 9.12. The van der Waals surface area contributed by atoms with Crippen LogP contribution in [-0.2, 0) is 4.79 Å². The van der Waals surface area contributed by atoms with Crippen LogP contribution in [0.2, 0.25) is 0 Å². The Bertz CT molecular complexity index is 147. The van der Waals surface area contributed by atoms with Crippen LogP contribution < -0.4 is 0 Å². The maximum atomic E-state index is 10.8. The Morgan fingerprint density at radius 3 is 2.50 bits per heavy atom. The lowest BCUT2D eigenvalue weighted by Gasteiger charge is -2.14. The van der Waals surface area contributed by atoms with Gasteiger partial charge in [-0.2, -0.15) is 0 Å². The zero-order valence-corrected chi connectivity index (χ0v) is 6.37. The standard InChI is InChI=1S/C7H13NO2/c1-5(9)7-3-6(10)4-8(7)2/h6-7,10H,3-4H2,1-2H3. The summed E-state index contributed by atoms with van der Waals surface area (Å²) in [5.41, 5.74) is 0. The maximum Gasteiger partial charge on any atom is 0.146 e. The van der Waals surface area contributed by atoms with E-state index in [2.05, 4.69) is 0 Å². The molecule has 1 aliphatic heterocycles. The lowest BCUT2D eigenvalue weighted by Crippen LogP contribution is -2.30. The van der Waals surface area contributed by atoms with Gasteiger partial charge < -0.3 is 5.11 Å². The molecule has 2 unspecified atom stereocenters. The molecule has 1 saturated heterocycles. The SMILES string of the molecule is CC(=O)C1CC(O)CN1C. The van der Waals surface area contributed by atoms with Gasteiger partial charge in [-0.1, -0.05) is 0 Å². The molecule has 0 aliphatic carbocycles. The van der Waals surface area contributed by atoms with Crippen molar-refractivity contribution in [2.24, 2.45) is 0 Å². The second kappa shape index (κ2) is 2.68. The Balaban J connectivity index is 2.54. The fraction of sp³-hybridized carbons (Fsp3) is 0.857. The minimum atomic E-state index is -0.307. The van der Waals surface area contributed by atoms with Crippen molar-refractivity contribution in [3.05, 3.63) is 0 Å². The number of likely N-dealkylation sites (tertiary alicyclic amines) is 1. The van der Waals surface area contributed by atoms with E-state index in [1.165, 1.54) is 0 Å². The monoisotopic (exact) mass is 143 g/mol. The number of nitrogens with zero attached hydrogens (tertiary/aromatic N) is 1. The van der Waals surface area contributed by atoms with Crippen molar-refractivity contribution in [3.63, 3.8) is 0 Å². The van der Waals surface area contributed by atoms with Gasteiger partial charge in [0.2, 0.25) is 0 Å². The second-order valence-electron chi connectivity index (χ2n) is 2.96. The van der Waals surface area contributed by atoms with Crippen molar-refractivity contribution < 1.29 is 9.90 Å². The van der Waals surface area contributed by atoms with E-state index < -0.39 is 0 Å². The van der Waals surface area contributed by atoms with Gasteiger partial charge in [-0.15, -0.1) is 0 Å². The van der Waals surface area contributed by atoms with E-state index in [4.69, 9.17) is 5.11 Å². The number of rotatable bonds is 1. The minimum absolute atomic E-state index is 0.0463. The van der Waals surface area contributed by atoms with Gasteiger partial charge in [0.15, 0.2) is 0 Å². The minimum Gasteiger partial charge on any atom is -0.392 e. The Labute approximate surface area is 60.6 Å². The van der Waals surface area contributed by atoms with Crippen LogP contribution in [0.15, 0.2) is 0 Å². The molecule has 3 heteroatoms. The molecule has 0 saturated carbocycles. The van der Waals surface area contributed by atoms with Crippen LogP contribution >= 0.6 is 0 Å². The van der Waals surface area contributed by atoms with Crippen molar-refractivity contribution in [1.29, 1.82) is 0 Å². The molecule has 0 spiro atoms. The molecule has 0 aromatic rings. The molecule has 3 nitrogen and oxygen atoms in total. The summed E-state index contributed by atoms with van der Waals surface area (Å²) in [6.45, 7) is 2.20. The molecule has 0 aromatic heterocycles. The molecular formula is C7H13NO2. The lowest BCUT2D eigenvalue weighted by molar-refractivity contribution is -0.120. The molecule has 1 aliphatic rings. The Kier molecular flexibility index (Phi) is 2.06. The average Bonchev–Trinajstić information content (AvgIpc) is 2.10. The normalized spacial score (nSPS) is 34.7. The molecular weight excluding hydrogens is 130 g/mol. The van der Waals surface area contributed by atoms with E-state index in [9.17, 15) is 4.79 Å². The molecule has 58 valence electrons. The predicted octanol–water partition coefficient (Wildman–Crippen LogP) is -0.360. The summed E-state index contributed by atoms with van der Waals surface area (Å²) in [6, 6.07) is -0.0463. The topological polar surface area (TPSA) is 40.5 Å². The van der Waals surface area contributed by atoms with Crippen LogP contribution in [0.25, 0.3) is 0 Å². The molecule has 0 amide bonds. The van der Waals surface area contributed by atoms with Crippen LogP contribution in [0.5, 0.6) is 0 Å². The average molecular weight is 143 g/mol. The summed E-state index contributed by atoms with van der Waals surface area (Å²) < 4.78 is 0.